The van der Waals surface area contributed by atoms with Crippen molar-refractivity contribution >= 4 is 0 Å². The third-order valence-electron chi connectivity index (χ3n) is 3.42. The Kier molecular flexibility index (Phi) is 2.36. The zero-order chi connectivity index (χ0) is 10.3. The van der Waals surface area contributed by atoms with Crippen LogP contribution in [0.5, 0.6) is 0 Å². The average molecular weight is 190 g/mol. The summed E-state index contributed by atoms with van der Waals surface area (Å²) in [5.74, 6) is 0.605. The molecule has 0 saturated carbocycles. The molecule has 0 heterocycles. The van der Waals surface area contributed by atoms with Crippen molar-refractivity contribution in [3.63, 3.8) is 0 Å². The molecule has 1 N–H and O–H groups in total. The van der Waals surface area contributed by atoms with Gasteiger partial charge in [-0.25, -0.2) is 0 Å². The van der Waals surface area contributed by atoms with Crippen LogP contribution in [0.4, 0.5) is 0 Å². The summed E-state index contributed by atoms with van der Waals surface area (Å²) in [6, 6.07) is 4.29. The van der Waals surface area contributed by atoms with Gasteiger partial charge in [0.2, 0.25) is 0 Å². The first-order chi connectivity index (χ1) is 6.61. The standard InChI is InChI=1S/C13H18O/c1-8-4-5-10(3)13-11(14)7-6-9(2)12(8)13/h4-5,9,11,14H,6-7H2,1-3H3. The molecular weight excluding hydrogens is 172 g/mol. The zero-order valence-electron chi connectivity index (χ0n) is 9.17. The monoisotopic (exact) mass is 190 g/mol. The fourth-order valence-electron chi connectivity index (χ4n) is 2.65. The second-order valence-electron chi connectivity index (χ2n) is 4.52. The molecule has 0 radical (unpaired) electrons. The van der Waals surface area contributed by atoms with Crippen molar-refractivity contribution < 1.29 is 5.11 Å². The van der Waals surface area contributed by atoms with Crippen molar-refractivity contribution in [1.29, 1.82) is 0 Å². The van der Waals surface area contributed by atoms with Crippen LogP contribution in [0.1, 0.15) is 54.0 Å². The maximum absolute atomic E-state index is 9.98. The Morgan fingerprint density at radius 3 is 2.21 bits per heavy atom. The van der Waals surface area contributed by atoms with E-state index in [0.717, 1.165) is 12.8 Å². The summed E-state index contributed by atoms with van der Waals surface area (Å²) in [4.78, 5) is 0. The zero-order valence-corrected chi connectivity index (χ0v) is 9.17. The fourth-order valence-corrected chi connectivity index (χ4v) is 2.65. The van der Waals surface area contributed by atoms with Gasteiger partial charge < -0.3 is 5.11 Å². The number of hydrogen-bond acceptors (Lipinski definition) is 1. The quantitative estimate of drug-likeness (QED) is 0.666. The molecule has 1 aromatic carbocycles. The Balaban J connectivity index is 2.65. The second-order valence-corrected chi connectivity index (χ2v) is 4.52. The van der Waals surface area contributed by atoms with E-state index in [0.29, 0.717) is 5.92 Å². The number of aliphatic hydroxyl groups is 1. The molecule has 14 heavy (non-hydrogen) atoms. The van der Waals surface area contributed by atoms with Crippen LogP contribution in [0.25, 0.3) is 0 Å². The Morgan fingerprint density at radius 1 is 1.07 bits per heavy atom. The molecule has 0 aliphatic heterocycles. The molecule has 2 rings (SSSR count). The molecule has 0 spiro atoms. The molecule has 1 aliphatic carbocycles. The Bertz CT molecular complexity index is 319. The van der Waals surface area contributed by atoms with Gasteiger partial charge in [0.15, 0.2) is 0 Å². The first-order valence-electron chi connectivity index (χ1n) is 5.39. The maximum atomic E-state index is 9.98. The summed E-state index contributed by atoms with van der Waals surface area (Å²) >= 11 is 0. The third-order valence-corrected chi connectivity index (χ3v) is 3.42. The molecule has 0 saturated heterocycles. The van der Waals surface area contributed by atoms with Crippen LogP contribution in [0.15, 0.2) is 12.1 Å². The highest BCUT2D eigenvalue weighted by molar-refractivity contribution is 5.44. The molecule has 1 aromatic rings. The molecule has 1 aliphatic rings. The summed E-state index contributed by atoms with van der Waals surface area (Å²) in [7, 11) is 0. The lowest BCUT2D eigenvalue weighted by Gasteiger charge is -2.29. The highest BCUT2D eigenvalue weighted by atomic mass is 16.3. The minimum absolute atomic E-state index is 0.235. The average Bonchev–Trinajstić information content (AvgIpc) is 2.16. The molecule has 1 heteroatoms. The maximum Gasteiger partial charge on any atom is 0.0795 e. The SMILES string of the molecule is Cc1ccc(C)c2c1C(C)CCC2O. The minimum Gasteiger partial charge on any atom is -0.388 e. The van der Waals surface area contributed by atoms with Crippen molar-refractivity contribution in [3.8, 4) is 0 Å². The lowest BCUT2D eigenvalue weighted by Crippen LogP contribution is -2.15. The summed E-state index contributed by atoms with van der Waals surface area (Å²) < 4.78 is 0. The van der Waals surface area contributed by atoms with Gasteiger partial charge in [0.25, 0.3) is 0 Å². The highest BCUT2D eigenvalue weighted by Gasteiger charge is 2.25. The van der Waals surface area contributed by atoms with Gasteiger partial charge in [-0.3, -0.25) is 0 Å². The number of aryl methyl sites for hydroxylation is 2. The van der Waals surface area contributed by atoms with Gasteiger partial charge >= 0.3 is 0 Å². The Morgan fingerprint density at radius 2 is 1.64 bits per heavy atom. The van der Waals surface area contributed by atoms with Crippen LogP contribution in [0, 0.1) is 13.8 Å². The van der Waals surface area contributed by atoms with Gasteiger partial charge in [0.1, 0.15) is 0 Å². The smallest absolute Gasteiger partial charge is 0.0795 e. The molecule has 0 bridgehead atoms. The highest BCUT2D eigenvalue weighted by Crippen LogP contribution is 2.40. The molecular formula is C13H18O. The fraction of sp³-hybridized carbons (Fsp3) is 0.538. The van der Waals surface area contributed by atoms with Gasteiger partial charge in [-0.15, -0.1) is 0 Å². The number of fused-ring (bicyclic) bond motifs is 1. The van der Waals surface area contributed by atoms with E-state index in [1.165, 1.54) is 22.3 Å². The van der Waals surface area contributed by atoms with Crippen molar-refractivity contribution in [3.05, 3.63) is 34.4 Å². The van der Waals surface area contributed by atoms with Crippen molar-refractivity contribution in [2.75, 3.05) is 0 Å². The van der Waals surface area contributed by atoms with Gasteiger partial charge in [-0.1, -0.05) is 19.1 Å². The summed E-state index contributed by atoms with van der Waals surface area (Å²) in [5.41, 5.74) is 5.16. The van der Waals surface area contributed by atoms with E-state index >= 15 is 0 Å². The minimum atomic E-state index is -0.235. The molecule has 2 atom stereocenters. The van der Waals surface area contributed by atoms with E-state index in [1.807, 2.05) is 0 Å². The van der Waals surface area contributed by atoms with Crippen LogP contribution >= 0.6 is 0 Å². The summed E-state index contributed by atoms with van der Waals surface area (Å²) in [5, 5.41) is 9.98. The van der Waals surface area contributed by atoms with Crippen molar-refractivity contribution in [2.24, 2.45) is 0 Å². The first kappa shape index (κ1) is 9.72. The normalized spacial score (nSPS) is 26.0. The van der Waals surface area contributed by atoms with Gasteiger partial charge in [-0.2, -0.15) is 0 Å². The van der Waals surface area contributed by atoms with E-state index in [1.54, 1.807) is 0 Å². The second kappa shape index (κ2) is 3.39. The van der Waals surface area contributed by atoms with Gasteiger partial charge in [0.05, 0.1) is 6.10 Å². The van der Waals surface area contributed by atoms with E-state index in [9.17, 15) is 5.11 Å². The lowest BCUT2D eigenvalue weighted by molar-refractivity contribution is 0.150. The summed E-state index contributed by atoms with van der Waals surface area (Å²) in [6.45, 7) is 6.50. The first-order valence-corrected chi connectivity index (χ1v) is 5.39. The van der Waals surface area contributed by atoms with Crippen LogP contribution in [0.3, 0.4) is 0 Å². The van der Waals surface area contributed by atoms with Crippen LogP contribution in [0.2, 0.25) is 0 Å². The Labute approximate surface area is 85.8 Å². The van der Waals surface area contributed by atoms with E-state index in [2.05, 4.69) is 32.9 Å². The Hall–Kier alpha value is -0.820. The number of hydrogen-bond donors (Lipinski definition) is 1. The number of aliphatic hydroxyl groups excluding tert-OH is 1. The van der Waals surface area contributed by atoms with Crippen molar-refractivity contribution in [1.82, 2.24) is 0 Å². The number of rotatable bonds is 0. The summed E-state index contributed by atoms with van der Waals surface area (Å²) in [6.07, 6.45) is 1.79. The van der Waals surface area contributed by atoms with E-state index in [4.69, 9.17) is 0 Å². The largest absolute Gasteiger partial charge is 0.388 e. The van der Waals surface area contributed by atoms with Crippen molar-refractivity contribution in [2.45, 2.75) is 45.6 Å². The van der Waals surface area contributed by atoms with E-state index < -0.39 is 0 Å². The van der Waals surface area contributed by atoms with Crippen LogP contribution in [-0.2, 0) is 0 Å². The lowest BCUT2D eigenvalue weighted by atomic mass is 9.78. The molecule has 0 fully saturated rings. The third kappa shape index (κ3) is 1.36. The van der Waals surface area contributed by atoms with Gasteiger partial charge in [0, 0.05) is 0 Å². The van der Waals surface area contributed by atoms with E-state index in [-0.39, 0.29) is 6.10 Å². The van der Waals surface area contributed by atoms with Gasteiger partial charge in [-0.05, 0) is 54.9 Å². The predicted octanol–water partition coefficient (Wildman–Crippen LogP) is 3.23. The molecule has 0 aromatic heterocycles. The predicted molar refractivity (Wildman–Crippen MR) is 58.5 cm³/mol. The van der Waals surface area contributed by atoms with Crippen LogP contribution in [-0.4, -0.2) is 5.11 Å². The molecule has 0 amide bonds. The van der Waals surface area contributed by atoms with Crippen LogP contribution < -0.4 is 0 Å². The molecule has 2 unspecified atom stereocenters. The number of benzene rings is 1. The topological polar surface area (TPSA) is 20.2 Å². The molecule has 76 valence electrons. The molecule has 1 nitrogen and oxygen atoms in total.